The second-order valence-corrected chi connectivity index (χ2v) is 10.9. The first-order chi connectivity index (χ1) is 19.7. The highest BCUT2D eigenvalue weighted by Crippen LogP contribution is 2.36. The number of amides is 1. The number of nitrogens with zero attached hydrogens (tertiary/aromatic N) is 1. The van der Waals surface area contributed by atoms with E-state index in [9.17, 15) is 15.0 Å². The molecule has 0 saturated heterocycles. The molecule has 0 radical (unpaired) electrons. The Labute approximate surface area is 239 Å². The van der Waals surface area contributed by atoms with Crippen molar-refractivity contribution in [3.05, 3.63) is 143 Å². The molecular formula is C35H32N2O4. The number of benzene rings is 4. The van der Waals surface area contributed by atoms with Crippen molar-refractivity contribution in [3.8, 4) is 23.1 Å². The number of anilines is 1. The van der Waals surface area contributed by atoms with Crippen molar-refractivity contribution in [1.29, 1.82) is 0 Å². The van der Waals surface area contributed by atoms with E-state index in [1.165, 1.54) is 5.56 Å². The maximum atomic E-state index is 13.5. The van der Waals surface area contributed by atoms with Gasteiger partial charge in [0.25, 0.3) is 5.91 Å². The Morgan fingerprint density at radius 2 is 1.34 bits per heavy atom. The van der Waals surface area contributed by atoms with E-state index in [1.807, 2.05) is 66.7 Å². The summed E-state index contributed by atoms with van der Waals surface area (Å²) < 4.78 is 5.90. The van der Waals surface area contributed by atoms with Gasteiger partial charge in [-0.1, -0.05) is 75.4 Å². The number of aromatic nitrogens is 1. The molecule has 5 aromatic rings. The number of nitrogens with one attached hydrogen (secondary N) is 1. The average molecular weight is 545 g/mol. The molecule has 0 spiro atoms. The molecule has 3 N–H and O–H groups in total. The molecule has 4 aromatic carbocycles. The predicted octanol–water partition coefficient (Wildman–Crippen LogP) is 8.02. The monoisotopic (exact) mass is 544 g/mol. The van der Waals surface area contributed by atoms with E-state index >= 15 is 0 Å². The lowest BCUT2D eigenvalue weighted by Crippen LogP contribution is -2.17. The van der Waals surface area contributed by atoms with Gasteiger partial charge in [0.15, 0.2) is 0 Å². The molecule has 206 valence electrons. The first-order valence-electron chi connectivity index (χ1n) is 13.4. The molecule has 6 nitrogen and oxygen atoms in total. The highest BCUT2D eigenvalue weighted by Gasteiger charge is 2.23. The molecule has 5 rings (SSSR count). The van der Waals surface area contributed by atoms with Gasteiger partial charge in [-0.05, 0) is 76.2 Å². The van der Waals surface area contributed by atoms with Crippen molar-refractivity contribution in [2.45, 2.75) is 32.1 Å². The first kappa shape index (κ1) is 27.5. The molecule has 6 heteroatoms. The fraction of sp³-hybridized carbons (Fsp3) is 0.143. The molecule has 0 bridgehead atoms. The summed E-state index contributed by atoms with van der Waals surface area (Å²) in [5.74, 6) is 0.836. The van der Waals surface area contributed by atoms with Gasteiger partial charge in [0.05, 0.1) is 11.9 Å². The largest absolute Gasteiger partial charge is 0.508 e. The van der Waals surface area contributed by atoms with Crippen LogP contribution in [0, 0.1) is 0 Å². The summed E-state index contributed by atoms with van der Waals surface area (Å²) in [7, 11) is 0. The summed E-state index contributed by atoms with van der Waals surface area (Å²) >= 11 is 0. The maximum absolute atomic E-state index is 13.5. The normalized spacial score (nSPS) is 11.3. The van der Waals surface area contributed by atoms with Crippen molar-refractivity contribution in [2.75, 3.05) is 5.32 Å². The van der Waals surface area contributed by atoms with E-state index in [0.29, 0.717) is 22.9 Å². The van der Waals surface area contributed by atoms with Crippen molar-refractivity contribution >= 4 is 11.6 Å². The predicted molar refractivity (Wildman–Crippen MR) is 161 cm³/mol. The van der Waals surface area contributed by atoms with E-state index in [-0.39, 0.29) is 28.7 Å². The van der Waals surface area contributed by atoms with Crippen LogP contribution in [0.1, 0.15) is 59.3 Å². The molecule has 0 aliphatic rings. The highest BCUT2D eigenvalue weighted by molar-refractivity contribution is 6.05. The number of aromatic hydroxyl groups is 2. The first-order valence-corrected chi connectivity index (χ1v) is 13.4. The zero-order valence-corrected chi connectivity index (χ0v) is 23.2. The van der Waals surface area contributed by atoms with Crippen molar-refractivity contribution in [1.82, 2.24) is 4.98 Å². The van der Waals surface area contributed by atoms with Crippen LogP contribution in [0.2, 0.25) is 0 Å². The van der Waals surface area contributed by atoms with Gasteiger partial charge in [0.2, 0.25) is 5.88 Å². The molecule has 0 aliphatic heterocycles. The minimum absolute atomic E-state index is 0.0589. The standard InChI is InChI=1S/C35H32N2O4/c1-35(2,3)25-12-19-29(20-13-25)41-32-21-14-26(22-36-32)37-34(40)31-7-5-4-6-30(31)33(23-8-15-27(38)16-9-23)24-10-17-28(39)18-11-24/h4-22,33,38-39H,1-3H3,(H,37,40). The lowest BCUT2D eigenvalue weighted by molar-refractivity contribution is 0.102. The fourth-order valence-electron chi connectivity index (χ4n) is 4.70. The van der Waals surface area contributed by atoms with Crippen molar-refractivity contribution < 1.29 is 19.7 Å². The van der Waals surface area contributed by atoms with Gasteiger partial charge in [0, 0.05) is 17.5 Å². The summed E-state index contributed by atoms with van der Waals surface area (Å²) in [4.78, 5) is 17.9. The number of hydrogen-bond acceptors (Lipinski definition) is 5. The van der Waals surface area contributed by atoms with Gasteiger partial charge in [-0.25, -0.2) is 4.98 Å². The van der Waals surface area contributed by atoms with E-state index < -0.39 is 0 Å². The summed E-state index contributed by atoms with van der Waals surface area (Å²) in [6.07, 6.45) is 1.57. The minimum atomic E-state index is -0.309. The summed E-state index contributed by atoms with van der Waals surface area (Å²) in [5, 5.41) is 22.7. The fourth-order valence-corrected chi connectivity index (χ4v) is 4.70. The second kappa shape index (κ2) is 11.6. The quantitative estimate of drug-likeness (QED) is 0.181. The molecule has 1 amide bonds. The van der Waals surface area contributed by atoms with E-state index in [1.54, 1.807) is 48.7 Å². The van der Waals surface area contributed by atoms with E-state index in [4.69, 9.17) is 4.74 Å². The zero-order chi connectivity index (χ0) is 29.0. The lowest BCUT2D eigenvalue weighted by atomic mass is 9.82. The van der Waals surface area contributed by atoms with Crippen LogP contribution < -0.4 is 10.1 Å². The van der Waals surface area contributed by atoms with Crippen LogP contribution in [0.3, 0.4) is 0 Å². The highest BCUT2D eigenvalue weighted by atomic mass is 16.5. The number of carbonyl (C=O) groups is 1. The van der Waals surface area contributed by atoms with Crippen LogP contribution in [-0.2, 0) is 5.41 Å². The van der Waals surface area contributed by atoms with Crippen molar-refractivity contribution in [2.24, 2.45) is 0 Å². The molecule has 0 saturated carbocycles. The van der Waals surface area contributed by atoms with Crippen LogP contribution >= 0.6 is 0 Å². The van der Waals surface area contributed by atoms with Gasteiger partial charge < -0.3 is 20.3 Å². The number of phenolic OH excluding ortho intramolecular Hbond substituents is 2. The van der Waals surface area contributed by atoms with Crippen LogP contribution in [0.25, 0.3) is 0 Å². The average Bonchev–Trinajstić information content (AvgIpc) is 2.96. The Balaban J connectivity index is 1.37. The van der Waals surface area contributed by atoms with Gasteiger partial charge in [-0.3, -0.25) is 4.79 Å². The molecule has 41 heavy (non-hydrogen) atoms. The third kappa shape index (κ3) is 6.56. The third-order valence-corrected chi connectivity index (χ3v) is 6.91. The Morgan fingerprint density at radius 3 is 1.88 bits per heavy atom. The van der Waals surface area contributed by atoms with Gasteiger partial charge in [-0.15, -0.1) is 0 Å². The Kier molecular flexibility index (Phi) is 7.74. The Bertz CT molecular complexity index is 1580. The van der Waals surface area contributed by atoms with E-state index in [0.717, 1.165) is 16.7 Å². The van der Waals surface area contributed by atoms with Crippen LogP contribution in [0.5, 0.6) is 23.1 Å². The number of ether oxygens (including phenoxy) is 1. The molecule has 1 heterocycles. The van der Waals surface area contributed by atoms with Crippen molar-refractivity contribution in [3.63, 3.8) is 0 Å². The van der Waals surface area contributed by atoms with Crippen LogP contribution in [0.4, 0.5) is 5.69 Å². The molecule has 1 aromatic heterocycles. The smallest absolute Gasteiger partial charge is 0.256 e. The zero-order valence-electron chi connectivity index (χ0n) is 23.2. The summed E-state index contributed by atoms with van der Waals surface area (Å²) in [5.41, 5.74) is 4.88. The lowest BCUT2D eigenvalue weighted by Gasteiger charge is -2.22. The SMILES string of the molecule is CC(C)(C)c1ccc(Oc2ccc(NC(=O)c3ccccc3C(c3ccc(O)cc3)c3ccc(O)cc3)cn2)cc1. The van der Waals surface area contributed by atoms with E-state index in [2.05, 4.69) is 31.1 Å². The summed E-state index contributed by atoms with van der Waals surface area (Å²) in [6, 6.07) is 32.7. The number of hydrogen-bond donors (Lipinski definition) is 3. The Hall–Kier alpha value is -5.10. The minimum Gasteiger partial charge on any atom is -0.508 e. The number of rotatable bonds is 7. The number of phenols is 2. The third-order valence-electron chi connectivity index (χ3n) is 6.91. The van der Waals surface area contributed by atoms with Gasteiger partial charge >= 0.3 is 0 Å². The van der Waals surface area contributed by atoms with Crippen LogP contribution in [0.15, 0.2) is 115 Å². The topological polar surface area (TPSA) is 91.7 Å². The molecule has 0 unspecified atom stereocenters. The molecule has 0 atom stereocenters. The number of pyridine rings is 1. The summed E-state index contributed by atoms with van der Waals surface area (Å²) in [6.45, 7) is 6.49. The van der Waals surface area contributed by atoms with Gasteiger partial charge in [-0.2, -0.15) is 0 Å². The van der Waals surface area contributed by atoms with Gasteiger partial charge in [0.1, 0.15) is 17.2 Å². The molecular weight excluding hydrogens is 512 g/mol. The Morgan fingerprint density at radius 1 is 0.756 bits per heavy atom. The maximum Gasteiger partial charge on any atom is 0.256 e. The number of carbonyl (C=O) groups excluding carboxylic acids is 1. The molecule has 0 fully saturated rings. The molecule has 0 aliphatic carbocycles. The second-order valence-electron chi connectivity index (χ2n) is 10.9. The van der Waals surface area contributed by atoms with Crippen LogP contribution in [-0.4, -0.2) is 21.1 Å².